The Morgan fingerprint density at radius 2 is 2.45 bits per heavy atom. The van der Waals surface area contributed by atoms with Crippen LogP contribution in [0.5, 0.6) is 0 Å². The lowest BCUT2D eigenvalue weighted by Crippen LogP contribution is -2.43. The van der Waals surface area contributed by atoms with Crippen LogP contribution in [0.3, 0.4) is 0 Å². The molecule has 0 saturated carbocycles. The molecule has 1 aliphatic rings. The molecule has 0 aliphatic carbocycles. The lowest BCUT2D eigenvalue weighted by atomic mass is 10.2. The second-order valence-electron chi connectivity index (χ2n) is 4.95. The third kappa shape index (κ3) is 2.74. The number of rotatable bonds is 3. The van der Waals surface area contributed by atoms with Crippen molar-refractivity contribution in [3.05, 3.63) is 22.1 Å². The second-order valence-corrected chi connectivity index (χ2v) is 5.77. The third-order valence-electron chi connectivity index (χ3n) is 3.63. The summed E-state index contributed by atoms with van der Waals surface area (Å²) in [5.74, 6) is 0. The minimum Gasteiger partial charge on any atom is -0.374 e. The van der Waals surface area contributed by atoms with Gasteiger partial charge in [-0.2, -0.15) is 0 Å². The van der Waals surface area contributed by atoms with Crippen LogP contribution in [-0.4, -0.2) is 51.8 Å². The maximum absolute atomic E-state index is 5.95. The van der Waals surface area contributed by atoms with E-state index >= 15 is 0 Å². The van der Waals surface area contributed by atoms with E-state index in [1.807, 2.05) is 10.6 Å². The number of imidazole rings is 1. The van der Waals surface area contributed by atoms with Crippen molar-refractivity contribution >= 4 is 35.0 Å². The second kappa shape index (κ2) is 5.81. The Morgan fingerprint density at radius 3 is 3.25 bits per heavy atom. The van der Waals surface area contributed by atoms with E-state index in [2.05, 4.69) is 21.8 Å². The summed E-state index contributed by atoms with van der Waals surface area (Å²) in [6.45, 7) is 6.63. The zero-order chi connectivity index (χ0) is 14.1. The van der Waals surface area contributed by atoms with Gasteiger partial charge in [0.25, 0.3) is 0 Å². The van der Waals surface area contributed by atoms with Crippen LogP contribution in [0, 0.1) is 4.77 Å². The largest absolute Gasteiger partial charge is 0.374 e. The van der Waals surface area contributed by atoms with Gasteiger partial charge in [-0.05, 0) is 24.8 Å². The van der Waals surface area contributed by atoms with Gasteiger partial charge < -0.3 is 9.72 Å². The number of H-pyrrole nitrogens is 1. The normalized spacial score (nSPS) is 20.6. The molecule has 0 radical (unpaired) electrons. The van der Waals surface area contributed by atoms with E-state index in [-0.39, 0.29) is 6.10 Å². The molecule has 2 aromatic rings. The Kier molecular flexibility index (Phi) is 4.07. The Bertz CT molecular complexity index is 668. The van der Waals surface area contributed by atoms with Crippen LogP contribution < -0.4 is 0 Å². The van der Waals surface area contributed by atoms with Crippen molar-refractivity contribution in [1.82, 2.24) is 19.4 Å². The molecule has 1 aliphatic heterocycles. The molecule has 0 spiro atoms. The zero-order valence-electron chi connectivity index (χ0n) is 11.3. The van der Waals surface area contributed by atoms with Crippen molar-refractivity contribution in [3.63, 3.8) is 0 Å². The van der Waals surface area contributed by atoms with Gasteiger partial charge in [-0.1, -0.05) is 18.5 Å². The molecule has 1 N–H and O–H groups in total. The van der Waals surface area contributed by atoms with Crippen LogP contribution in [0.1, 0.15) is 6.92 Å². The SMILES string of the molecule is CCN1CCOC(Cn2c(=S)[nH]c3cc(Cl)cnc32)C1. The highest BCUT2D eigenvalue weighted by Gasteiger charge is 2.21. The minimum atomic E-state index is 0.145. The van der Waals surface area contributed by atoms with E-state index in [0.717, 1.165) is 37.4 Å². The fourth-order valence-corrected chi connectivity index (χ4v) is 3.00. The van der Waals surface area contributed by atoms with Gasteiger partial charge in [0.05, 0.1) is 29.8 Å². The maximum atomic E-state index is 5.95. The molecule has 1 atom stereocenters. The Labute approximate surface area is 127 Å². The Balaban J connectivity index is 1.87. The molecule has 0 bridgehead atoms. The van der Waals surface area contributed by atoms with E-state index < -0.39 is 0 Å². The summed E-state index contributed by atoms with van der Waals surface area (Å²) in [6, 6.07) is 1.84. The average Bonchev–Trinajstić information content (AvgIpc) is 2.74. The quantitative estimate of drug-likeness (QED) is 0.884. The number of aromatic amines is 1. The highest BCUT2D eigenvalue weighted by molar-refractivity contribution is 7.71. The van der Waals surface area contributed by atoms with Gasteiger partial charge in [0.1, 0.15) is 0 Å². The van der Waals surface area contributed by atoms with Crippen LogP contribution in [0.2, 0.25) is 5.02 Å². The van der Waals surface area contributed by atoms with Crippen molar-refractivity contribution in [2.24, 2.45) is 0 Å². The lowest BCUT2D eigenvalue weighted by Gasteiger charge is -2.32. The number of hydrogen-bond donors (Lipinski definition) is 1. The highest BCUT2D eigenvalue weighted by atomic mass is 35.5. The molecule has 108 valence electrons. The molecule has 7 heteroatoms. The van der Waals surface area contributed by atoms with Crippen molar-refractivity contribution in [2.45, 2.75) is 19.6 Å². The molecular weight excluding hydrogens is 296 g/mol. The van der Waals surface area contributed by atoms with Crippen molar-refractivity contribution in [1.29, 1.82) is 0 Å². The fraction of sp³-hybridized carbons (Fsp3) is 0.538. The number of pyridine rings is 1. The van der Waals surface area contributed by atoms with Crippen molar-refractivity contribution < 1.29 is 4.74 Å². The maximum Gasteiger partial charge on any atom is 0.179 e. The van der Waals surface area contributed by atoms with E-state index in [9.17, 15) is 0 Å². The number of halogens is 1. The van der Waals surface area contributed by atoms with Gasteiger partial charge in [0.2, 0.25) is 0 Å². The summed E-state index contributed by atoms with van der Waals surface area (Å²) >= 11 is 11.3. The van der Waals surface area contributed by atoms with Crippen LogP contribution >= 0.6 is 23.8 Å². The first-order valence-electron chi connectivity index (χ1n) is 6.75. The predicted molar refractivity (Wildman–Crippen MR) is 81.8 cm³/mol. The zero-order valence-corrected chi connectivity index (χ0v) is 12.9. The molecule has 1 unspecified atom stereocenters. The number of nitrogens with zero attached hydrogens (tertiary/aromatic N) is 3. The van der Waals surface area contributed by atoms with Gasteiger partial charge in [0, 0.05) is 19.3 Å². The molecule has 1 saturated heterocycles. The first kappa shape index (κ1) is 14.0. The molecule has 3 rings (SSSR count). The van der Waals surface area contributed by atoms with Crippen LogP contribution in [0.4, 0.5) is 0 Å². The molecule has 20 heavy (non-hydrogen) atoms. The molecule has 5 nitrogen and oxygen atoms in total. The Hall–Kier alpha value is -0.950. The van der Waals surface area contributed by atoms with Gasteiger partial charge in [-0.25, -0.2) is 4.98 Å². The van der Waals surface area contributed by atoms with E-state index in [1.54, 1.807) is 6.20 Å². The summed E-state index contributed by atoms with van der Waals surface area (Å²) < 4.78 is 8.48. The number of likely N-dealkylation sites (N-methyl/N-ethyl adjacent to an activating group) is 1. The minimum absolute atomic E-state index is 0.145. The average molecular weight is 313 g/mol. The molecule has 2 aromatic heterocycles. The summed E-state index contributed by atoms with van der Waals surface area (Å²) in [6.07, 6.45) is 1.79. The predicted octanol–water partition coefficient (Wildman–Crippen LogP) is 2.47. The number of morpholine rings is 1. The van der Waals surface area contributed by atoms with Crippen molar-refractivity contribution in [3.8, 4) is 0 Å². The number of fused-ring (bicyclic) bond motifs is 1. The van der Waals surface area contributed by atoms with Crippen LogP contribution in [-0.2, 0) is 11.3 Å². The summed E-state index contributed by atoms with van der Waals surface area (Å²) in [5.41, 5.74) is 1.70. The van der Waals surface area contributed by atoms with Crippen LogP contribution in [0.25, 0.3) is 11.2 Å². The van der Waals surface area contributed by atoms with Gasteiger partial charge >= 0.3 is 0 Å². The molecule has 0 aromatic carbocycles. The molecule has 1 fully saturated rings. The summed E-state index contributed by atoms with van der Waals surface area (Å²) in [7, 11) is 0. The Morgan fingerprint density at radius 1 is 1.60 bits per heavy atom. The van der Waals surface area contributed by atoms with E-state index in [0.29, 0.717) is 16.3 Å². The number of aromatic nitrogens is 3. The highest BCUT2D eigenvalue weighted by Crippen LogP contribution is 2.18. The molecular formula is C13H17ClN4OS. The fourth-order valence-electron chi connectivity index (χ4n) is 2.57. The van der Waals surface area contributed by atoms with Gasteiger partial charge in [-0.15, -0.1) is 0 Å². The van der Waals surface area contributed by atoms with Crippen LogP contribution in [0.15, 0.2) is 12.3 Å². The first-order chi connectivity index (χ1) is 9.67. The monoisotopic (exact) mass is 312 g/mol. The van der Waals surface area contributed by atoms with E-state index in [1.165, 1.54) is 0 Å². The summed E-state index contributed by atoms with van der Waals surface area (Å²) in [5, 5.41) is 0.604. The standard InChI is InChI=1S/C13H17ClN4OS/c1-2-17-3-4-19-10(7-17)8-18-12-11(16-13(18)20)5-9(14)6-15-12/h5-6,10H,2-4,7-8H2,1H3,(H,16,20). The first-order valence-corrected chi connectivity index (χ1v) is 7.54. The number of nitrogens with one attached hydrogen (secondary N) is 1. The van der Waals surface area contributed by atoms with Crippen molar-refractivity contribution in [2.75, 3.05) is 26.2 Å². The van der Waals surface area contributed by atoms with Gasteiger partial charge in [-0.3, -0.25) is 9.47 Å². The lowest BCUT2D eigenvalue weighted by molar-refractivity contribution is -0.0340. The molecule has 0 amide bonds. The number of hydrogen-bond acceptors (Lipinski definition) is 4. The topological polar surface area (TPSA) is 46.1 Å². The van der Waals surface area contributed by atoms with Gasteiger partial charge in [0.15, 0.2) is 10.4 Å². The summed E-state index contributed by atoms with van der Waals surface area (Å²) in [4.78, 5) is 9.90. The molecule has 3 heterocycles. The number of ether oxygens (including phenoxy) is 1. The smallest absolute Gasteiger partial charge is 0.179 e. The third-order valence-corrected chi connectivity index (χ3v) is 4.16. The van der Waals surface area contributed by atoms with E-state index in [4.69, 9.17) is 28.6 Å².